The van der Waals surface area contributed by atoms with Crippen LogP contribution in [0.25, 0.3) is 0 Å². The van der Waals surface area contributed by atoms with Crippen LogP contribution in [0.1, 0.15) is 110 Å². The molecule has 1 fully saturated rings. The fourth-order valence-electron chi connectivity index (χ4n) is 3.49. The van der Waals surface area contributed by atoms with E-state index in [0.717, 1.165) is 12.8 Å². The van der Waals surface area contributed by atoms with Crippen LogP contribution < -0.4 is 0 Å². The van der Waals surface area contributed by atoms with Gasteiger partial charge in [-0.05, 0) is 12.8 Å². The predicted molar refractivity (Wildman–Crippen MR) is 109 cm³/mol. The molecule has 0 spiro atoms. The average Bonchev–Trinajstić information content (AvgIpc) is 2.87. The van der Waals surface area contributed by atoms with Gasteiger partial charge in [0.15, 0.2) is 0 Å². The maximum absolute atomic E-state index is 11.5. The number of allylic oxidation sites excluding steroid dienone is 1. The van der Waals surface area contributed by atoms with Crippen molar-refractivity contribution in [2.75, 3.05) is 0 Å². The van der Waals surface area contributed by atoms with Gasteiger partial charge in [0.2, 0.25) is 0 Å². The lowest BCUT2D eigenvalue weighted by Gasteiger charge is -2.03. The van der Waals surface area contributed by atoms with E-state index in [2.05, 4.69) is 13.5 Å². The van der Waals surface area contributed by atoms with Crippen LogP contribution in [0.4, 0.5) is 0 Å². The molecule has 3 nitrogen and oxygen atoms in total. The molecule has 0 amide bonds. The Morgan fingerprint density at radius 1 is 0.846 bits per heavy atom. The molecule has 1 heterocycles. The van der Waals surface area contributed by atoms with Gasteiger partial charge in [0.05, 0.1) is 5.57 Å². The van der Waals surface area contributed by atoms with Crippen LogP contribution >= 0.6 is 0 Å². The summed E-state index contributed by atoms with van der Waals surface area (Å²) in [5, 5.41) is 9.74. The molecule has 1 aliphatic rings. The first kappa shape index (κ1) is 23.0. The molecular weight excluding hydrogens is 324 g/mol. The van der Waals surface area contributed by atoms with Crippen LogP contribution in [-0.4, -0.2) is 17.2 Å². The molecule has 150 valence electrons. The fourth-order valence-corrected chi connectivity index (χ4v) is 3.49. The number of carbonyl (C=O) groups excluding carboxylic acids is 1. The second-order valence-corrected chi connectivity index (χ2v) is 7.66. The molecule has 1 atom stereocenters. The lowest BCUT2D eigenvalue weighted by atomic mass is 10.0. The van der Waals surface area contributed by atoms with Gasteiger partial charge in [-0.15, -0.1) is 0 Å². The van der Waals surface area contributed by atoms with Crippen LogP contribution in [-0.2, 0) is 9.53 Å². The number of hydrogen-bond donors (Lipinski definition) is 1. The highest BCUT2D eigenvalue weighted by Crippen LogP contribution is 2.23. The maximum atomic E-state index is 11.5. The Balaban J connectivity index is 1.83. The van der Waals surface area contributed by atoms with Gasteiger partial charge in [-0.1, -0.05) is 109 Å². The molecule has 0 saturated carbocycles. The van der Waals surface area contributed by atoms with Crippen molar-refractivity contribution in [3.05, 3.63) is 24.0 Å². The Kier molecular flexibility index (Phi) is 13.3. The minimum atomic E-state index is -0.932. The number of cyclic esters (lactones) is 1. The third-order valence-corrected chi connectivity index (χ3v) is 5.23. The standard InChI is InChI=1S/C23H40O3/c1-3-4-5-6-7-8-9-10-11-12-13-14-15-16-17-18-19-21-22(24)20(2)26-23(21)25/h19,22,24H,2-18H2,1H3. The highest BCUT2D eigenvalue weighted by molar-refractivity contribution is 5.93. The van der Waals surface area contributed by atoms with Crippen molar-refractivity contribution in [2.24, 2.45) is 0 Å². The van der Waals surface area contributed by atoms with Crippen molar-refractivity contribution < 1.29 is 14.6 Å². The van der Waals surface area contributed by atoms with Crippen LogP contribution in [0.5, 0.6) is 0 Å². The van der Waals surface area contributed by atoms with Crippen molar-refractivity contribution in [1.82, 2.24) is 0 Å². The smallest absolute Gasteiger partial charge is 0.341 e. The van der Waals surface area contributed by atoms with Crippen molar-refractivity contribution in [2.45, 2.75) is 116 Å². The first-order chi connectivity index (χ1) is 12.7. The highest BCUT2D eigenvalue weighted by Gasteiger charge is 2.32. The molecule has 1 unspecified atom stereocenters. The molecule has 1 saturated heterocycles. The molecule has 0 aromatic carbocycles. The predicted octanol–water partition coefficient (Wildman–Crippen LogP) is 6.61. The summed E-state index contributed by atoms with van der Waals surface area (Å²) in [6.45, 7) is 5.80. The minimum Gasteiger partial charge on any atom is -0.425 e. The molecule has 0 bridgehead atoms. The summed E-state index contributed by atoms with van der Waals surface area (Å²) in [6, 6.07) is 0. The molecule has 0 aromatic heterocycles. The Hall–Kier alpha value is -1.09. The molecule has 26 heavy (non-hydrogen) atoms. The van der Waals surface area contributed by atoms with Gasteiger partial charge in [0.25, 0.3) is 0 Å². The lowest BCUT2D eigenvalue weighted by molar-refractivity contribution is -0.132. The molecule has 1 N–H and O–H groups in total. The van der Waals surface area contributed by atoms with E-state index in [1.807, 2.05) is 6.08 Å². The third kappa shape index (κ3) is 10.2. The molecule has 0 aliphatic carbocycles. The first-order valence-corrected chi connectivity index (χ1v) is 11.0. The molecule has 1 aliphatic heterocycles. The van der Waals surface area contributed by atoms with Crippen molar-refractivity contribution in [3.63, 3.8) is 0 Å². The Labute approximate surface area is 160 Å². The summed E-state index contributed by atoms with van der Waals surface area (Å²) in [6.07, 6.45) is 21.9. The molecular formula is C23H40O3. The fraction of sp³-hybridized carbons (Fsp3) is 0.783. The maximum Gasteiger partial charge on any atom is 0.341 e. The topological polar surface area (TPSA) is 46.5 Å². The quantitative estimate of drug-likeness (QED) is 0.190. The van der Waals surface area contributed by atoms with Crippen LogP contribution in [0.15, 0.2) is 24.0 Å². The number of aliphatic hydroxyl groups is 1. The third-order valence-electron chi connectivity index (χ3n) is 5.23. The summed E-state index contributed by atoms with van der Waals surface area (Å²) in [7, 11) is 0. The molecule has 0 radical (unpaired) electrons. The van der Waals surface area contributed by atoms with Crippen molar-refractivity contribution >= 4 is 5.97 Å². The number of aliphatic hydroxyl groups excluding tert-OH is 1. The van der Waals surface area contributed by atoms with Crippen molar-refractivity contribution in [3.8, 4) is 0 Å². The number of unbranched alkanes of at least 4 members (excludes halogenated alkanes) is 15. The van der Waals surface area contributed by atoms with E-state index in [1.54, 1.807) is 0 Å². The van der Waals surface area contributed by atoms with Gasteiger partial charge in [-0.2, -0.15) is 0 Å². The van der Waals surface area contributed by atoms with Crippen LogP contribution in [0, 0.1) is 0 Å². The summed E-state index contributed by atoms with van der Waals surface area (Å²) >= 11 is 0. The Morgan fingerprint density at radius 3 is 1.65 bits per heavy atom. The van der Waals surface area contributed by atoms with Gasteiger partial charge in [-0.3, -0.25) is 0 Å². The van der Waals surface area contributed by atoms with Crippen molar-refractivity contribution in [1.29, 1.82) is 0 Å². The van der Waals surface area contributed by atoms with Gasteiger partial charge in [0.1, 0.15) is 11.9 Å². The largest absolute Gasteiger partial charge is 0.425 e. The summed E-state index contributed by atoms with van der Waals surface area (Å²) < 4.78 is 4.81. The number of hydrogen-bond acceptors (Lipinski definition) is 3. The Bertz CT molecular complexity index is 425. The molecule has 1 rings (SSSR count). The second-order valence-electron chi connectivity index (χ2n) is 7.66. The number of rotatable bonds is 16. The molecule has 3 heteroatoms. The van der Waals surface area contributed by atoms with E-state index in [1.165, 1.54) is 89.9 Å². The number of carbonyl (C=O) groups is 1. The zero-order valence-corrected chi connectivity index (χ0v) is 16.9. The zero-order valence-electron chi connectivity index (χ0n) is 16.9. The first-order valence-electron chi connectivity index (χ1n) is 11.0. The number of esters is 1. The summed E-state index contributed by atoms with van der Waals surface area (Å²) in [5.74, 6) is -0.291. The Morgan fingerprint density at radius 2 is 1.27 bits per heavy atom. The average molecular weight is 365 g/mol. The lowest BCUT2D eigenvalue weighted by Crippen LogP contribution is -2.07. The van der Waals surface area contributed by atoms with Crippen LogP contribution in [0.2, 0.25) is 0 Å². The highest BCUT2D eigenvalue weighted by atomic mass is 16.6. The van der Waals surface area contributed by atoms with E-state index >= 15 is 0 Å². The van der Waals surface area contributed by atoms with E-state index in [9.17, 15) is 9.90 Å². The SMILES string of the molecule is C=C1OC(=O)C(=CCCCCCCCCCCCCCCCCC)C1O. The summed E-state index contributed by atoms with van der Waals surface area (Å²) in [5.41, 5.74) is 0.361. The van der Waals surface area contributed by atoms with E-state index in [-0.39, 0.29) is 5.76 Å². The number of ether oxygens (including phenoxy) is 1. The monoisotopic (exact) mass is 364 g/mol. The van der Waals surface area contributed by atoms with Gasteiger partial charge < -0.3 is 9.84 Å². The normalized spacial score (nSPS) is 18.7. The van der Waals surface area contributed by atoms with E-state index < -0.39 is 12.1 Å². The van der Waals surface area contributed by atoms with Gasteiger partial charge in [-0.25, -0.2) is 4.79 Å². The minimum absolute atomic E-state index is 0.151. The van der Waals surface area contributed by atoms with Gasteiger partial charge in [0, 0.05) is 0 Å². The second kappa shape index (κ2) is 15.0. The zero-order chi connectivity index (χ0) is 19.0. The molecule has 0 aromatic rings. The van der Waals surface area contributed by atoms with E-state index in [4.69, 9.17) is 4.74 Å². The van der Waals surface area contributed by atoms with Crippen LogP contribution in [0.3, 0.4) is 0 Å². The summed E-state index contributed by atoms with van der Waals surface area (Å²) in [4.78, 5) is 11.5. The van der Waals surface area contributed by atoms with E-state index in [0.29, 0.717) is 5.57 Å². The van der Waals surface area contributed by atoms with Gasteiger partial charge >= 0.3 is 5.97 Å².